The van der Waals surface area contributed by atoms with Crippen molar-refractivity contribution < 1.29 is 9.21 Å². The Balaban J connectivity index is 1.56. The van der Waals surface area contributed by atoms with E-state index in [9.17, 15) is 4.79 Å². The number of hydrogen-bond acceptors (Lipinski definition) is 6. The van der Waals surface area contributed by atoms with Crippen LogP contribution in [-0.2, 0) is 11.3 Å². The Kier molecular flexibility index (Phi) is 6.24. The molecule has 4 rings (SSSR count). The third kappa shape index (κ3) is 4.44. The summed E-state index contributed by atoms with van der Waals surface area (Å²) in [7, 11) is 0. The van der Waals surface area contributed by atoms with E-state index in [2.05, 4.69) is 15.2 Å². The van der Waals surface area contributed by atoms with Gasteiger partial charge in [-0.2, -0.15) is 0 Å². The van der Waals surface area contributed by atoms with E-state index in [1.54, 1.807) is 23.6 Å². The van der Waals surface area contributed by atoms with E-state index in [1.807, 2.05) is 66.1 Å². The lowest BCUT2D eigenvalue weighted by Gasteiger charge is -2.20. The van der Waals surface area contributed by atoms with Gasteiger partial charge < -0.3 is 9.32 Å². The van der Waals surface area contributed by atoms with E-state index in [0.717, 1.165) is 17.0 Å². The first kappa shape index (κ1) is 19.9. The highest BCUT2D eigenvalue weighted by molar-refractivity contribution is 7.99. The van der Waals surface area contributed by atoms with Gasteiger partial charge in [-0.05, 0) is 43.3 Å². The number of thioether (sulfide) groups is 1. The molecule has 0 radical (unpaired) electrons. The lowest BCUT2D eigenvalue weighted by atomic mass is 10.2. The predicted octanol–water partition coefficient (Wildman–Crippen LogP) is 4.13. The van der Waals surface area contributed by atoms with Crippen LogP contribution >= 0.6 is 11.8 Å². The van der Waals surface area contributed by atoms with E-state index in [-0.39, 0.29) is 11.7 Å². The van der Waals surface area contributed by atoms with Gasteiger partial charge in [0, 0.05) is 30.2 Å². The van der Waals surface area contributed by atoms with E-state index in [4.69, 9.17) is 4.42 Å². The van der Waals surface area contributed by atoms with Crippen molar-refractivity contribution in [1.82, 2.24) is 19.7 Å². The molecule has 0 N–H and O–H groups in total. The quantitative estimate of drug-likeness (QED) is 0.400. The van der Waals surface area contributed by atoms with Crippen LogP contribution in [0.5, 0.6) is 0 Å². The fraction of sp³-hybridized carbons (Fsp3) is 0.182. The van der Waals surface area contributed by atoms with Crippen LogP contribution in [0.2, 0.25) is 0 Å². The summed E-state index contributed by atoms with van der Waals surface area (Å²) in [6.07, 6.45) is 5.10. The number of amides is 1. The highest BCUT2D eigenvalue weighted by atomic mass is 32.2. The number of pyridine rings is 1. The van der Waals surface area contributed by atoms with Crippen molar-refractivity contribution >= 4 is 23.4 Å². The van der Waals surface area contributed by atoms with Crippen LogP contribution in [0.1, 0.15) is 12.7 Å². The molecule has 1 amide bonds. The second kappa shape index (κ2) is 9.41. The summed E-state index contributed by atoms with van der Waals surface area (Å²) < 4.78 is 7.47. The Bertz CT molecular complexity index is 1080. The minimum atomic E-state index is 0.0178. The number of aromatic nitrogens is 4. The summed E-state index contributed by atoms with van der Waals surface area (Å²) >= 11 is 1.37. The molecule has 8 heteroatoms. The van der Waals surface area contributed by atoms with E-state index in [1.165, 1.54) is 11.8 Å². The number of carbonyl (C=O) groups excluding carboxylic acids is 1. The Morgan fingerprint density at radius 3 is 2.67 bits per heavy atom. The van der Waals surface area contributed by atoms with E-state index in [0.29, 0.717) is 24.1 Å². The maximum Gasteiger partial charge on any atom is 0.237 e. The van der Waals surface area contributed by atoms with Crippen LogP contribution < -0.4 is 4.90 Å². The summed E-state index contributed by atoms with van der Waals surface area (Å²) in [6.45, 7) is 3.04. The highest BCUT2D eigenvalue weighted by Gasteiger charge is 2.19. The molecule has 0 aliphatic carbocycles. The first-order chi connectivity index (χ1) is 14.8. The van der Waals surface area contributed by atoms with Crippen molar-refractivity contribution in [3.63, 3.8) is 0 Å². The van der Waals surface area contributed by atoms with Crippen LogP contribution in [0, 0.1) is 0 Å². The molecule has 3 aromatic heterocycles. The molecule has 4 aromatic rings. The first-order valence-corrected chi connectivity index (χ1v) is 10.6. The van der Waals surface area contributed by atoms with Gasteiger partial charge in [-0.15, -0.1) is 10.2 Å². The molecule has 1 aromatic carbocycles. The minimum Gasteiger partial charge on any atom is -0.467 e. The molecule has 7 nitrogen and oxygen atoms in total. The third-order valence-electron chi connectivity index (χ3n) is 4.54. The Labute approximate surface area is 178 Å². The maximum atomic E-state index is 12.9. The summed E-state index contributed by atoms with van der Waals surface area (Å²) in [6, 6.07) is 17.2. The number of rotatable bonds is 8. The van der Waals surface area contributed by atoms with Crippen molar-refractivity contribution in [1.29, 1.82) is 0 Å². The predicted molar refractivity (Wildman–Crippen MR) is 116 cm³/mol. The smallest absolute Gasteiger partial charge is 0.237 e. The van der Waals surface area contributed by atoms with Crippen LogP contribution in [-0.4, -0.2) is 38.0 Å². The van der Waals surface area contributed by atoms with Crippen LogP contribution in [0.4, 0.5) is 5.69 Å². The van der Waals surface area contributed by atoms with Crippen molar-refractivity contribution in [3.8, 4) is 11.4 Å². The number of hydrogen-bond donors (Lipinski definition) is 0. The fourth-order valence-corrected chi connectivity index (χ4v) is 3.93. The van der Waals surface area contributed by atoms with Gasteiger partial charge >= 0.3 is 0 Å². The molecular weight excluding hydrogens is 398 g/mol. The molecule has 0 bridgehead atoms. The first-order valence-electron chi connectivity index (χ1n) is 9.60. The lowest BCUT2D eigenvalue weighted by molar-refractivity contribution is -0.116. The normalized spacial score (nSPS) is 10.8. The van der Waals surface area contributed by atoms with Crippen LogP contribution in [0.3, 0.4) is 0 Å². The average Bonchev–Trinajstić information content (AvgIpc) is 3.45. The van der Waals surface area contributed by atoms with Crippen molar-refractivity contribution in [2.45, 2.75) is 18.6 Å². The zero-order chi connectivity index (χ0) is 20.8. The van der Waals surface area contributed by atoms with Crippen molar-refractivity contribution in [2.24, 2.45) is 0 Å². The van der Waals surface area contributed by atoms with Gasteiger partial charge in [0.15, 0.2) is 11.0 Å². The zero-order valence-electron chi connectivity index (χ0n) is 16.5. The molecule has 0 aliphatic rings. The Morgan fingerprint density at radius 1 is 1.10 bits per heavy atom. The molecule has 30 heavy (non-hydrogen) atoms. The molecular formula is C22H21N5O2S. The van der Waals surface area contributed by atoms with Crippen LogP contribution in [0.15, 0.2) is 82.8 Å². The fourth-order valence-electron chi connectivity index (χ4n) is 3.12. The Hall–Kier alpha value is -3.39. The molecule has 152 valence electrons. The maximum absolute atomic E-state index is 12.9. The highest BCUT2D eigenvalue weighted by Crippen LogP contribution is 2.26. The van der Waals surface area contributed by atoms with Crippen molar-refractivity contribution in [3.05, 3.63) is 79.0 Å². The second-order valence-electron chi connectivity index (χ2n) is 6.48. The molecule has 0 spiro atoms. The number of para-hydroxylation sites is 1. The van der Waals surface area contributed by atoms with Gasteiger partial charge in [0.25, 0.3) is 0 Å². The van der Waals surface area contributed by atoms with Crippen LogP contribution in [0.25, 0.3) is 11.4 Å². The monoisotopic (exact) mass is 419 g/mol. The van der Waals surface area contributed by atoms with Gasteiger partial charge in [-0.3, -0.25) is 14.3 Å². The topological polar surface area (TPSA) is 77.1 Å². The minimum absolute atomic E-state index is 0.0178. The standard InChI is InChI=1S/C22H21N5O2S/c1-2-26(18-9-4-3-5-10-18)20(28)16-30-22-25-24-21(17-8-6-12-23-14-17)27(22)15-19-11-7-13-29-19/h3-14H,2,15-16H2,1H3. The number of nitrogens with zero attached hydrogens (tertiary/aromatic N) is 5. The van der Waals surface area contributed by atoms with Gasteiger partial charge in [0.05, 0.1) is 18.6 Å². The molecule has 0 saturated carbocycles. The summed E-state index contributed by atoms with van der Waals surface area (Å²) in [5.41, 5.74) is 1.74. The third-order valence-corrected chi connectivity index (χ3v) is 5.49. The van der Waals surface area contributed by atoms with Gasteiger partial charge in [0.2, 0.25) is 5.91 Å². The average molecular weight is 420 g/mol. The second-order valence-corrected chi connectivity index (χ2v) is 7.42. The van der Waals surface area contributed by atoms with Crippen molar-refractivity contribution in [2.75, 3.05) is 17.2 Å². The van der Waals surface area contributed by atoms with Gasteiger partial charge in [-0.25, -0.2) is 0 Å². The molecule has 3 heterocycles. The lowest BCUT2D eigenvalue weighted by Crippen LogP contribution is -2.32. The molecule has 0 atom stereocenters. The van der Waals surface area contributed by atoms with Gasteiger partial charge in [0.1, 0.15) is 5.76 Å². The number of furan rings is 1. The van der Waals surface area contributed by atoms with E-state index < -0.39 is 0 Å². The summed E-state index contributed by atoms with van der Waals surface area (Å²) in [5, 5.41) is 9.35. The zero-order valence-corrected chi connectivity index (χ0v) is 17.3. The Morgan fingerprint density at radius 2 is 1.97 bits per heavy atom. The van der Waals surface area contributed by atoms with E-state index >= 15 is 0 Å². The van der Waals surface area contributed by atoms with Gasteiger partial charge in [-0.1, -0.05) is 30.0 Å². The molecule has 0 aliphatic heterocycles. The summed E-state index contributed by atoms with van der Waals surface area (Å²) in [5.74, 6) is 1.74. The molecule has 0 unspecified atom stereocenters. The summed E-state index contributed by atoms with van der Waals surface area (Å²) in [4.78, 5) is 18.8. The molecule has 0 fully saturated rings. The largest absolute Gasteiger partial charge is 0.467 e. The number of benzene rings is 1. The SMILES string of the molecule is CCN(C(=O)CSc1nnc(-c2cccnc2)n1Cc1ccco1)c1ccccc1. The number of carbonyl (C=O) groups is 1. The molecule has 0 saturated heterocycles. The number of anilines is 1.